The van der Waals surface area contributed by atoms with Gasteiger partial charge >= 0.3 is 0 Å². The molecular weight excluding hydrogens is 430 g/mol. The number of nitro benzene ring substituents is 1. The zero-order valence-electron chi connectivity index (χ0n) is 18.4. The highest BCUT2D eigenvalue weighted by Gasteiger charge is 2.38. The summed E-state index contributed by atoms with van der Waals surface area (Å²) in [7, 11) is 2.86. The number of ether oxygens (including phenoxy) is 2. The Hall–Kier alpha value is -3.46. The first-order valence-electron chi connectivity index (χ1n) is 10.1. The normalized spacial score (nSPS) is 15.9. The molecule has 0 radical (unpaired) electrons. The molecule has 0 spiro atoms. The molecule has 8 nitrogen and oxygen atoms in total. The Bertz CT molecular complexity index is 1080. The van der Waals surface area contributed by atoms with Crippen molar-refractivity contribution in [3.63, 3.8) is 0 Å². The quantitative estimate of drug-likeness (QED) is 0.271. The average Bonchev–Trinajstić information content (AvgIpc) is 2.80. The van der Waals surface area contributed by atoms with Gasteiger partial charge in [0.15, 0.2) is 22.4 Å². The van der Waals surface area contributed by atoms with Crippen LogP contribution in [0.4, 0.5) is 5.69 Å². The molecule has 0 bridgehead atoms. The zero-order chi connectivity index (χ0) is 23.4. The molecule has 1 heterocycles. The number of nitrogens with zero attached hydrogens (tertiary/aromatic N) is 2. The highest BCUT2D eigenvalue weighted by molar-refractivity contribution is 7.80. The Labute approximate surface area is 192 Å². The van der Waals surface area contributed by atoms with Crippen molar-refractivity contribution in [1.82, 2.24) is 10.2 Å². The summed E-state index contributed by atoms with van der Waals surface area (Å²) in [4.78, 5) is 26.9. The van der Waals surface area contributed by atoms with E-state index in [1.807, 2.05) is 24.8 Å². The van der Waals surface area contributed by atoms with Gasteiger partial charge in [0.05, 0.1) is 36.8 Å². The Morgan fingerprint density at radius 2 is 1.81 bits per heavy atom. The molecule has 3 rings (SSSR count). The third kappa shape index (κ3) is 4.29. The van der Waals surface area contributed by atoms with Crippen molar-refractivity contribution in [3.8, 4) is 11.5 Å². The van der Waals surface area contributed by atoms with Crippen molar-refractivity contribution < 1.29 is 19.2 Å². The van der Waals surface area contributed by atoms with E-state index in [1.54, 1.807) is 24.3 Å². The van der Waals surface area contributed by atoms with Crippen LogP contribution in [0.25, 0.3) is 0 Å². The number of thiocarbonyl (C=S) groups is 1. The minimum Gasteiger partial charge on any atom is -0.493 e. The van der Waals surface area contributed by atoms with E-state index in [9.17, 15) is 14.9 Å². The van der Waals surface area contributed by atoms with Crippen LogP contribution in [0.3, 0.4) is 0 Å². The first-order chi connectivity index (χ1) is 15.3. The lowest BCUT2D eigenvalue weighted by Crippen LogP contribution is -2.48. The Balaban J connectivity index is 2.27. The van der Waals surface area contributed by atoms with Gasteiger partial charge in [-0.3, -0.25) is 14.9 Å². The minimum absolute atomic E-state index is 0.196. The predicted octanol–water partition coefficient (Wildman–Crippen LogP) is 4.41. The maximum atomic E-state index is 13.6. The molecule has 0 saturated carbocycles. The average molecular weight is 456 g/mol. The molecule has 168 valence electrons. The molecule has 1 unspecified atom stereocenters. The van der Waals surface area contributed by atoms with Crippen LogP contribution in [0.5, 0.6) is 11.5 Å². The SMILES string of the molecule is CCCN1C(=S)NC(c2cc(OC)c(OC)cc2[N+](=O)[O-])C(C(=O)c2ccccc2)=C1C. The molecular formula is C23H25N3O5S. The Morgan fingerprint density at radius 1 is 1.19 bits per heavy atom. The van der Waals surface area contributed by atoms with E-state index in [4.69, 9.17) is 21.7 Å². The summed E-state index contributed by atoms with van der Waals surface area (Å²) >= 11 is 5.57. The van der Waals surface area contributed by atoms with Gasteiger partial charge in [-0.1, -0.05) is 37.3 Å². The molecule has 0 fully saturated rings. The van der Waals surface area contributed by atoms with Gasteiger partial charge in [-0.15, -0.1) is 0 Å². The van der Waals surface area contributed by atoms with Crippen LogP contribution in [0.2, 0.25) is 0 Å². The van der Waals surface area contributed by atoms with E-state index >= 15 is 0 Å². The standard InChI is InChI=1S/C23H25N3O5S/c1-5-11-25-14(2)20(22(27)15-9-7-6-8-10-15)21(24-23(25)32)16-12-18(30-3)19(31-4)13-17(16)26(28)29/h6-10,12-13,21H,5,11H2,1-4H3,(H,24,32). The summed E-state index contributed by atoms with van der Waals surface area (Å²) in [5.74, 6) is 0.319. The smallest absolute Gasteiger partial charge is 0.279 e. The molecule has 1 atom stereocenters. The summed E-state index contributed by atoms with van der Waals surface area (Å²) in [5, 5.41) is 15.5. The number of hydrogen-bond donors (Lipinski definition) is 1. The van der Waals surface area contributed by atoms with Gasteiger partial charge in [0, 0.05) is 23.4 Å². The van der Waals surface area contributed by atoms with Crippen LogP contribution in [0, 0.1) is 10.1 Å². The summed E-state index contributed by atoms with van der Waals surface area (Å²) < 4.78 is 10.6. The molecule has 32 heavy (non-hydrogen) atoms. The number of Topliss-reactive ketones (excluding diaryl/α,β-unsaturated/α-hetero) is 1. The first-order valence-corrected chi connectivity index (χ1v) is 10.5. The van der Waals surface area contributed by atoms with Gasteiger partial charge in [-0.05, 0) is 31.6 Å². The lowest BCUT2D eigenvalue weighted by molar-refractivity contribution is -0.385. The van der Waals surface area contributed by atoms with Crippen LogP contribution in [0.15, 0.2) is 53.7 Å². The van der Waals surface area contributed by atoms with Gasteiger partial charge in [-0.2, -0.15) is 0 Å². The van der Waals surface area contributed by atoms with Crippen LogP contribution in [-0.4, -0.2) is 41.5 Å². The van der Waals surface area contributed by atoms with E-state index in [0.29, 0.717) is 34.2 Å². The second-order valence-electron chi connectivity index (χ2n) is 7.25. The fraction of sp³-hybridized carbons (Fsp3) is 0.304. The van der Waals surface area contributed by atoms with E-state index in [0.717, 1.165) is 6.42 Å². The molecule has 1 N–H and O–H groups in total. The minimum atomic E-state index is -0.830. The first kappa shape index (κ1) is 23.2. The number of carbonyl (C=O) groups excluding carboxylic acids is 1. The second kappa shape index (κ2) is 9.78. The molecule has 0 amide bonds. The number of allylic oxidation sites excluding steroid dienone is 1. The summed E-state index contributed by atoms with van der Waals surface area (Å²) in [6.07, 6.45) is 0.813. The van der Waals surface area contributed by atoms with Crippen molar-refractivity contribution in [2.45, 2.75) is 26.3 Å². The van der Waals surface area contributed by atoms with Crippen LogP contribution in [-0.2, 0) is 0 Å². The molecule has 9 heteroatoms. The highest BCUT2D eigenvalue weighted by atomic mass is 32.1. The van der Waals surface area contributed by atoms with Gasteiger partial charge in [-0.25, -0.2) is 0 Å². The van der Waals surface area contributed by atoms with Crippen molar-refractivity contribution in [3.05, 3.63) is 75.0 Å². The second-order valence-corrected chi connectivity index (χ2v) is 7.64. The number of methoxy groups -OCH3 is 2. The van der Waals surface area contributed by atoms with Crippen LogP contribution >= 0.6 is 12.2 Å². The molecule has 1 aliphatic heterocycles. The van der Waals surface area contributed by atoms with E-state index in [2.05, 4.69) is 5.32 Å². The van der Waals surface area contributed by atoms with Gasteiger partial charge in [0.2, 0.25) is 0 Å². The number of nitro groups is 1. The van der Waals surface area contributed by atoms with Crippen molar-refractivity contribution in [1.29, 1.82) is 0 Å². The van der Waals surface area contributed by atoms with Crippen molar-refractivity contribution in [2.24, 2.45) is 0 Å². The van der Waals surface area contributed by atoms with E-state index in [1.165, 1.54) is 26.4 Å². The Kier molecular flexibility index (Phi) is 7.09. The topological polar surface area (TPSA) is 93.9 Å². The Morgan fingerprint density at radius 3 is 2.38 bits per heavy atom. The molecule has 2 aromatic rings. The summed E-state index contributed by atoms with van der Waals surface area (Å²) in [6, 6.07) is 10.8. The maximum absolute atomic E-state index is 13.6. The van der Waals surface area contributed by atoms with E-state index < -0.39 is 11.0 Å². The number of rotatable bonds is 8. The largest absolute Gasteiger partial charge is 0.493 e. The molecule has 2 aromatic carbocycles. The van der Waals surface area contributed by atoms with Gasteiger partial charge in [0.25, 0.3) is 5.69 Å². The molecule has 0 aliphatic carbocycles. The van der Waals surface area contributed by atoms with Crippen LogP contribution < -0.4 is 14.8 Å². The van der Waals surface area contributed by atoms with Gasteiger partial charge < -0.3 is 19.7 Å². The number of ketones is 1. The number of benzene rings is 2. The molecule has 0 aromatic heterocycles. The maximum Gasteiger partial charge on any atom is 0.279 e. The monoisotopic (exact) mass is 455 g/mol. The predicted molar refractivity (Wildman–Crippen MR) is 125 cm³/mol. The van der Waals surface area contributed by atoms with Crippen LogP contribution in [0.1, 0.15) is 42.2 Å². The molecule has 1 aliphatic rings. The third-order valence-electron chi connectivity index (χ3n) is 5.36. The number of nitrogens with one attached hydrogen (secondary N) is 1. The lowest BCUT2D eigenvalue weighted by atomic mass is 9.88. The number of hydrogen-bond acceptors (Lipinski definition) is 6. The fourth-order valence-electron chi connectivity index (χ4n) is 3.82. The van der Waals surface area contributed by atoms with E-state index in [-0.39, 0.29) is 22.8 Å². The van der Waals surface area contributed by atoms with Gasteiger partial charge in [0.1, 0.15) is 0 Å². The third-order valence-corrected chi connectivity index (χ3v) is 5.70. The zero-order valence-corrected chi connectivity index (χ0v) is 19.2. The van der Waals surface area contributed by atoms with Crippen molar-refractivity contribution >= 4 is 28.8 Å². The lowest BCUT2D eigenvalue weighted by Gasteiger charge is -2.37. The molecule has 0 saturated heterocycles. The summed E-state index contributed by atoms with van der Waals surface area (Å²) in [5.41, 5.74) is 1.62. The highest BCUT2D eigenvalue weighted by Crippen LogP contribution is 2.42. The summed E-state index contributed by atoms with van der Waals surface area (Å²) in [6.45, 7) is 4.45. The van der Waals surface area contributed by atoms with Crippen molar-refractivity contribution in [2.75, 3.05) is 20.8 Å². The number of carbonyl (C=O) groups is 1. The fourth-order valence-corrected chi connectivity index (χ4v) is 4.17.